The third kappa shape index (κ3) is 2.85. The summed E-state index contributed by atoms with van der Waals surface area (Å²) in [6.07, 6.45) is 7.66. The first kappa shape index (κ1) is 13.9. The Hall–Kier alpha value is -3.02. The third-order valence-electron chi connectivity index (χ3n) is 3.32. The number of allylic oxidation sites excluding steroid dienone is 2. The SMILES string of the molecule is CC1C=CN=C(Nc2ccc3c([N+](=O)[O-])cccc3n2)C=C1. The zero-order chi connectivity index (χ0) is 15.5. The average molecular weight is 294 g/mol. The van der Waals surface area contributed by atoms with Gasteiger partial charge >= 0.3 is 0 Å². The summed E-state index contributed by atoms with van der Waals surface area (Å²) in [5, 5.41) is 14.6. The van der Waals surface area contributed by atoms with Gasteiger partial charge in [0.2, 0.25) is 0 Å². The number of nitrogens with zero attached hydrogens (tertiary/aromatic N) is 3. The molecule has 1 aliphatic heterocycles. The summed E-state index contributed by atoms with van der Waals surface area (Å²) in [5.74, 6) is 1.60. The lowest BCUT2D eigenvalue weighted by atomic mass is 10.1. The van der Waals surface area contributed by atoms with Gasteiger partial charge in [0.1, 0.15) is 11.7 Å². The van der Waals surface area contributed by atoms with Crippen molar-refractivity contribution in [2.75, 3.05) is 5.32 Å². The highest BCUT2D eigenvalue weighted by Gasteiger charge is 2.12. The van der Waals surface area contributed by atoms with Gasteiger partial charge in [0.05, 0.1) is 15.8 Å². The van der Waals surface area contributed by atoms with Gasteiger partial charge in [-0.25, -0.2) is 9.98 Å². The fourth-order valence-corrected chi connectivity index (χ4v) is 2.18. The summed E-state index contributed by atoms with van der Waals surface area (Å²) in [4.78, 5) is 19.3. The van der Waals surface area contributed by atoms with Gasteiger partial charge in [0, 0.05) is 12.3 Å². The molecule has 1 N–H and O–H groups in total. The van der Waals surface area contributed by atoms with Crippen LogP contribution in [0.1, 0.15) is 6.92 Å². The molecule has 0 saturated heterocycles. The molecule has 2 aromatic rings. The maximum absolute atomic E-state index is 11.0. The van der Waals surface area contributed by atoms with E-state index in [4.69, 9.17) is 0 Å². The molecule has 1 atom stereocenters. The Morgan fingerprint density at radius 2 is 2.09 bits per heavy atom. The number of fused-ring (bicyclic) bond motifs is 1. The highest BCUT2D eigenvalue weighted by atomic mass is 16.6. The van der Waals surface area contributed by atoms with E-state index in [0.717, 1.165) is 0 Å². The maximum atomic E-state index is 11.0. The van der Waals surface area contributed by atoms with Crippen molar-refractivity contribution in [3.8, 4) is 0 Å². The number of nitro benzene ring substituents is 1. The number of hydrogen-bond acceptors (Lipinski definition) is 5. The Morgan fingerprint density at radius 3 is 2.91 bits per heavy atom. The predicted molar refractivity (Wildman–Crippen MR) is 86.9 cm³/mol. The second-order valence-corrected chi connectivity index (χ2v) is 5.00. The minimum Gasteiger partial charge on any atom is -0.325 e. The fourth-order valence-electron chi connectivity index (χ4n) is 2.18. The van der Waals surface area contributed by atoms with Gasteiger partial charge < -0.3 is 5.32 Å². The first-order valence-corrected chi connectivity index (χ1v) is 6.87. The van der Waals surface area contributed by atoms with Crippen LogP contribution in [0.2, 0.25) is 0 Å². The van der Waals surface area contributed by atoms with E-state index >= 15 is 0 Å². The molecule has 2 heterocycles. The number of aliphatic imine (C=N–C) groups is 1. The minimum atomic E-state index is -0.401. The van der Waals surface area contributed by atoms with Crippen molar-refractivity contribution in [2.45, 2.75) is 6.92 Å². The van der Waals surface area contributed by atoms with Crippen molar-refractivity contribution in [3.63, 3.8) is 0 Å². The van der Waals surface area contributed by atoms with Crippen LogP contribution in [0, 0.1) is 16.0 Å². The zero-order valence-electron chi connectivity index (χ0n) is 11.9. The Bertz CT molecular complexity index is 824. The summed E-state index contributed by atoms with van der Waals surface area (Å²) >= 11 is 0. The summed E-state index contributed by atoms with van der Waals surface area (Å²) in [6.45, 7) is 2.07. The number of pyridine rings is 1. The number of anilines is 1. The van der Waals surface area contributed by atoms with Crippen molar-refractivity contribution >= 4 is 28.2 Å². The molecule has 0 amide bonds. The van der Waals surface area contributed by atoms with Crippen LogP contribution in [0.25, 0.3) is 10.9 Å². The first-order valence-electron chi connectivity index (χ1n) is 6.87. The van der Waals surface area contributed by atoms with Crippen LogP contribution < -0.4 is 5.32 Å². The lowest BCUT2D eigenvalue weighted by molar-refractivity contribution is -0.383. The number of nitrogens with one attached hydrogen (secondary N) is 1. The van der Waals surface area contributed by atoms with E-state index in [1.807, 2.05) is 18.2 Å². The molecule has 6 nitrogen and oxygen atoms in total. The third-order valence-corrected chi connectivity index (χ3v) is 3.32. The molecule has 1 unspecified atom stereocenters. The largest absolute Gasteiger partial charge is 0.325 e. The molecular weight excluding hydrogens is 280 g/mol. The number of non-ortho nitro benzene ring substituents is 1. The van der Waals surface area contributed by atoms with Crippen LogP contribution in [0.3, 0.4) is 0 Å². The molecular formula is C16H14N4O2. The van der Waals surface area contributed by atoms with Crippen molar-refractivity contribution in [3.05, 3.63) is 64.9 Å². The Morgan fingerprint density at radius 1 is 1.23 bits per heavy atom. The van der Waals surface area contributed by atoms with E-state index < -0.39 is 4.92 Å². The number of amidine groups is 1. The van der Waals surface area contributed by atoms with Gasteiger partial charge in [-0.3, -0.25) is 10.1 Å². The van der Waals surface area contributed by atoms with Crippen molar-refractivity contribution in [1.82, 2.24) is 4.98 Å². The van der Waals surface area contributed by atoms with Gasteiger partial charge in [0.25, 0.3) is 5.69 Å². The molecule has 1 aromatic heterocycles. The van der Waals surface area contributed by atoms with Gasteiger partial charge in [-0.1, -0.05) is 25.1 Å². The molecule has 110 valence electrons. The van der Waals surface area contributed by atoms with E-state index in [1.165, 1.54) is 6.07 Å². The maximum Gasteiger partial charge on any atom is 0.278 e. The monoisotopic (exact) mass is 294 g/mol. The normalized spacial score (nSPS) is 17.1. The number of benzene rings is 1. The average Bonchev–Trinajstić information content (AvgIpc) is 2.71. The van der Waals surface area contributed by atoms with Crippen molar-refractivity contribution in [1.29, 1.82) is 0 Å². The molecule has 0 saturated carbocycles. The number of rotatable bonds is 2. The van der Waals surface area contributed by atoms with Crippen LogP contribution in [0.15, 0.2) is 59.8 Å². The standard InChI is InChI=1S/C16H14N4O2/c1-11-5-7-15(17-10-9-11)19-16-8-6-12-13(18-16)3-2-4-14(12)20(21)22/h2-11H,1H3,(H,17,18,19). The fraction of sp³-hybridized carbons (Fsp3) is 0.125. The topological polar surface area (TPSA) is 80.4 Å². The summed E-state index contributed by atoms with van der Waals surface area (Å²) < 4.78 is 0. The Labute approximate surface area is 127 Å². The molecule has 22 heavy (non-hydrogen) atoms. The number of aromatic nitrogens is 1. The second-order valence-electron chi connectivity index (χ2n) is 5.00. The molecule has 0 fully saturated rings. The van der Waals surface area contributed by atoms with Crippen molar-refractivity contribution in [2.24, 2.45) is 10.9 Å². The van der Waals surface area contributed by atoms with Crippen LogP contribution in [-0.4, -0.2) is 15.7 Å². The van der Waals surface area contributed by atoms with Gasteiger partial charge in [-0.2, -0.15) is 0 Å². The Balaban J connectivity index is 1.93. The molecule has 0 bridgehead atoms. The summed E-state index contributed by atoms with van der Waals surface area (Å²) in [7, 11) is 0. The van der Waals surface area contributed by atoms with E-state index in [1.54, 1.807) is 30.5 Å². The number of nitro groups is 1. The van der Waals surface area contributed by atoms with Gasteiger partial charge in [0.15, 0.2) is 0 Å². The van der Waals surface area contributed by atoms with Crippen molar-refractivity contribution < 1.29 is 4.92 Å². The van der Waals surface area contributed by atoms with E-state index in [9.17, 15) is 10.1 Å². The second kappa shape index (κ2) is 5.77. The predicted octanol–water partition coefficient (Wildman–Crippen LogP) is 3.67. The molecule has 3 rings (SSSR count). The molecule has 1 aromatic carbocycles. The molecule has 1 aliphatic rings. The van der Waals surface area contributed by atoms with E-state index in [0.29, 0.717) is 28.5 Å². The first-order chi connectivity index (χ1) is 10.6. The van der Waals surface area contributed by atoms with E-state index in [-0.39, 0.29) is 5.69 Å². The molecule has 0 aliphatic carbocycles. The smallest absolute Gasteiger partial charge is 0.278 e. The van der Waals surface area contributed by atoms with Crippen LogP contribution >= 0.6 is 0 Å². The molecule has 0 spiro atoms. The highest BCUT2D eigenvalue weighted by Crippen LogP contribution is 2.25. The summed E-state index contributed by atoms with van der Waals surface area (Å²) in [5.41, 5.74) is 0.626. The van der Waals surface area contributed by atoms with Crippen LogP contribution in [-0.2, 0) is 0 Å². The van der Waals surface area contributed by atoms with Crippen LogP contribution in [0.4, 0.5) is 11.5 Å². The van der Waals surface area contributed by atoms with Gasteiger partial charge in [-0.05, 0) is 30.2 Å². The quantitative estimate of drug-likeness (QED) is 0.677. The minimum absolute atomic E-state index is 0.0556. The number of hydrogen-bond donors (Lipinski definition) is 1. The van der Waals surface area contributed by atoms with Crippen LogP contribution in [0.5, 0.6) is 0 Å². The Kier molecular flexibility index (Phi) is 3.65. The van der Waals surface area contributed by atoms with Gasteiger partial charge in [-0.15, -0.1) is 0 Å². The van der Waals surface area contributed by atoms with E-state index in [2.05, 4.69) is 22.2 Å². The molecule has 0 radical (unpaired) electrons. The lowest BCUT2D eigenvalue weighted by Gasteiger charge is -2.06. The molecule has 6 heteroatoms. The highest BCUT2D eigenvalue weighted by molar-refractivity contribution is 6.04. The lowest BCUT2D eigenvalue weighted by Crippen LogP contribution is -2.09. The zero-order valence-corrected chi connectivity index (χ0v) is 11.9. The summed E-state index contributed by atoms with van der Waals surface area (Å²) in [6, 6.07) is 8.26.